The summed E-state index contributed by atoms with van der Waals surface area (Å²) in [5.41, 5.74) is 1.33. The number of hydrogen-bond donors (Lipinski definition) is 2. The third-order valence-electron chi connectivity index (χ3n) is 3.02. The summed E-state index contributed by atoms with van der Waals surface area (Å²) in [5.74, 6) is 0.846. The van der Waals surface area contributed by atoms with E-state index in [0.717, 1.165) is 32.0 Å². The van der Waals surface area contributed by atoms with Crippen molar-refractivity contribution in [1.29, 1.82) is 0 Å². The standard InChI is InChI=1S/C14H21N5S/c1-12-5-10-20-13(12)11-17-14(15-2)16-6-3-8-19-9-4-7-18-19/h4-5,7,9-10H,3,6,8,11H2,1-2H3,(H2,15,16,17). The number of hydrogen-bond acceptors (Lipinski definition) is 3. The third-order valence-corrected chi connectivity index (χ3v) is 4.05. The van der Waals surface area contributed by atoms with Gasteiger partial charge in [-0.15, -0.1) is 11.3 Å². The molecule has 2 N–H and O–H groups in total. The minimum absolute atomic E-state index is 0.822. The second-order valence-corrected chi connectivity index (χ2v) is 5.50. The molecule has 0 fully saturated rings. The summed E-state index contributed by atoms with van der Waals surface area (Å²) in [6.07, 6.45) is 4.80. The van der Waals surface area contributed by atoms with Crippen LogP contribution in [0.5, 0.6) is 0 Å². The SMILES string of the molecule is CN=C(NCCCn1cccn1)NCc1sccc1C. The van der Waals surface area contributed by atoms with Crippen molar-refractivity contribution < 1.29 is 0 Å². The van der Waals surface area contributed by atoms with Gasteiger partial charge in [0, 0.05) is 37.4 Å². The first-order chi connectivity index (χ1) is 9.79. The molecule has 2 rings (SSSR count). The molecule has 0 aliphatic rings. The predicted octanol–water partition coefficient (Wildman–Crippen LogP) is 2.01. The van der Waals surface area contributed by atoms with Crippen molar-refractivity contribution in [1.82, 2.24) is 20.4 Å². The predicted molar refractivity (Wildman–Crippen MR) is 84.1 cm³/mol. The van der Waals surface area contributed by atoms with Crippen LogP contribution in [-0.4, -0.2) is 29.3 Å². The lowest BCUT2D eigenvalue weighted by molar-refractivity contribution is 0.570. The second kappa shape index (κ2) is 7.69. The van der Waals surface area contributed by atoms with E-state index in [9.17, 15) is 0 Å². The molecule has 2 heterocycles. The number of thiophene rings is 1. The van der Waals surface area contributed by atoms with Crippen LogP contribution in [0.4, 0.5) is 0 Å². The first kappa shape index (κ1) is 14.6. The van der Waals surface area contributed by atoms with Gasteiger partial charge in [-0.3, -0.25) is 9.67 Å². The van der Waals surface area contributed by atoms with Gasteiger partial charge in [0.2, 0.25) is 0 Å². The summed E-state index contributed by atoms with van der Waals surface area (Å²) < 4.78 is 1.94. The summed E-state index contributed by atoms with van der Waals surface area (Å²) in [7, 11) is 1.80. The average molecular weight is 291 g/mol. The summed E-state index contributed by atoms with van der Waals surface area (Å²) in [6, 6.07) is 4.08. The van der Waals surface area contributed by atoms with E-state index in [0.29, 0.717) is 0 Å². The maximum absolute atomic E-state index is 4.23. The Morgan fingerprint density at radius 2 is 2.35 bits per heavy atom. The molecule has 5 nitrogen and oxygen atoms in total. The van der Waals surface area contributed by atoms with E-state index in [1.165, 1.54) is 10.4 Å². The maximum Gasteiger partial charge on any atom is 0.191 e. The topological polar surface area (TPSA) is 54.2 Å². The molecule has 0 aliphatic carbocycles. The summed E-state index contributed by atoms with van der Waals surface area (Å²) in [6.45, 7) is 4.75. The van der Waals surface area contributed by atoms with Gasteiger partial charge >= 0.3 is 0 Å². The van der Waals surface area contributed by atoms with Crippen LogP contribution in [0, 0.1) is 6.92 Å². The zero-order valence-corrected chi connectivity index (χ0v) is 12.8. The van der Waals surface area contributed by atoms with Crippen LogP contribution < -0.4 is 10.6 Å². The van der Waals surface area contributed by atoms with Crippen LogP contribution >= 0.6 is 11.3 Å². The minimum atomic E-state index is 0.822. The van der Waals surface area contributed by atoms with Crippen LogP contribution in [0.2, 0.25) is 0 Å². The van der Waals surface area contributed by atoms with Crippen LogP contribution in [-0.2, 0) is 13.1 Å². The highest BCUT2D eigenvalue weighted by atomic mass is 32.1. The minimum Gasteiger partial charge on any atom is -0.356 e. The van der Waals surface area contributed by atoms with Crippen LogP contribution in [0.3, 0.4) is 0 Å². The fourth-order valence-corrected chi connectivity index (χ4v) is 2.70. The van der Waals surface area contributed by atoms with Gasteiger partial charge in [0.25, 0.3) is 0 Å². The lowest BCUT2D eigenvalue weighted by Crippen LogP contribution is -2.37. The van der Waals surface area contributed by atoms with Crippen LogP contribution in [0.1, 0.15) is 16.9 Å². The van der Waals surface area contributed by atoms with Gasteiger partial charge < -0.3 is 10.6 Å². The van der Waals surface area contributed by atoms with E-state index in [1.807, 2.05) is 16.9 Å². The highest BCUT2D eigenvalue weighted by molar-refractivity contribution is 7.10. The van der Waals surface area contributed by atoms with Crippen molar-refractivity contribution in [3.63, 3.8) is 0 Å². The smallest absolute Gasteiger partial charge is 0.191 e. The highest BCUT2D eigenvalue weighted by Crippen LogP contribution is 2.14. The summed E-state index contributed by atoms with van der Waals surface area (Å²) in [5, 5.41) is 12.9. The molecule has 108 valence electrons. The van der Waals surface area contributed by atoms with Crippen molar-refractivity contribution in [3.8, 4) is 0 Å². The lowest BCUT2D eigenvalue weighted by Gasteiger charge is -2.11. The van der Waals surface area contributed by atoms with Crippen molar-refractivity contribution >= 4 is 17.3 Å². The molecule has 0 amide bonds. The zero-order chi connectivity index (χ0) is 14.2. The Labute approximate surface area is 123 Å². The summed E-state index contributed by atoms with van der Waals surface area (Å²) >= 11 is 1.77. The van der Waals surface area contributed by atoms with Crippen molar-refractivity contribution in [2.45, 2.75) is 26.4 Å². The molecule has 0 atom stereocenters. The number of guanidine groups is 1. The Kier molecular flexibility index (Phi) is 5.61. The average Bonchev–Trinajstić information content (AvgIpc) is 3.10. The molecule has 2 aromatic heterocycles. The Bertz CT molecular complexity index is 530. The molecule has 0 spiro atoms. The van der Waals surface area contributed by atoms with E-state index >= 15 is 0 Å². The van der Waals surface area contributed by atoms with Gasteiger partial charge in [-0.25, -0.2) is 0 Å². The molecule has 0 aliphatic heterocycles. The summed E-state index contributed by atoms with van der Waals surface area (Å²) in [4.78, 5) is 5.58. The maximum atomic E-state index is 4.23. The Morgan fingerprint density at radius 3 is 3.00 bits per heavy atom. The monoisotopic (exact) mass is 291 g/mol. The molecule has 0 aromatic carbocycles. The number of aryl methyl sites for hydroxylation is 2. The van der Waals surface area contributed by atoms with Crippen molar-refractivity contribution in [2.75, 3.05) is 13.6 Å². The van der Waals surface area contributed by atoms with E-state index < -0.39 is 0 Å². The van der Waals surface area contributed by atoms with E-state index in [4.69, 9.17) is 0 Å². The normalized spacial score (nSPS) is 11.6. The third kappa shape index (κ3) is 4.38. The van der Waals surface area contributed by atoms with Crippen molar-refractivity contribution in [2.24, 2.45) is 4.99 Å². The zero-order valence-electron chi connectivity index (χ0n) is 12.0. The number of nitrogens with one attached hydrogen (secondary N) is 2. The van der Waals surface area contributed by atoms with Crippen LogP contribution in [0.25, 0.3) is 0 Å². The molecule has 6 heteroatoms. The molecular weight excluding hydrogens is 270 g/mol. The molecule has 0 saturated carbocycles. The molecule has 0 bridgehead atoms. The second-order valence-electron chi connectivity index (χ2n) is 4.50. The Hall–Kier alpha value is -1.82. The van der Waals surface area contributed by atoms with E-state index in [2.05, 4.69) is 39.1 Å². The number of aromatic nitrogens is 2. The number of rotatable bonds is 6. The molecule has 0 unspecified atom stereocenters. The molecule has 0 saturated heterocycles. The number of aliphatic imine (C=N–C) groups is 1. The molecule has 20 heavy (non-hydrogen) atoms. The molecule has 2 aromatic rings. The van der Waals surface area contributed by atoms with E-state index in [-0.39, 0.29) is 0 Å². The lowest BCUT2D eigenvalue weighted by atomic mass is 10.3. The Balaban J connectivity index is 1.66. The van der Waals surface area contributed by atoms with Gasteiger partial charge in [0.05, 0.1) is 6.54 Å². The first-order valence-corrected chi connectivity index (χ1v) is 7.62. The largest absolute Gasteiger partial charge is 0.356 e. The Morgan fingerprint density at radius 1 is 1.45 bits per heavy atom. The fraction of sp³-hybridized carbons (Fsp3) is 0.429. The first-order valence-electron chi connectivity index (χ1n) is 6.74. The van der Waals surface area contributed by atoms with Gasteiger partial charge in [-0.1, -0.05) is 0 Å². The van der Waals surface area contributed by atoms with Gasteiger partial charge in [-0.05, 0) is 36.4 Å². The van der Waals surface area contributed by atoms with Gasteiger partial charge in [0.1, 0.15) is 0 Å². The highest BCUT2D eigenvalue weighted by Gasteiger charge is 2.01. The van der Waals surface area contributed by atoms with E-state index in [1.54, 1.807) is 24.6 Å². The quantitative estimate of drug-likeness (QED) is 0.486. The molecule has 0 radical (unpaired) electrons. The van der Waals surface area contributed by atoms with Crippen LogP contribution in [0.15, 0.2) is 34.9 Å². The van der Waals surface area contributed by atoms with Gasteiger partial charge in [0.15, 0.2) is 5.96 Å². The van der Waals surface area contributed by atoms with Gasteiger partial charge in [-0.2, -0.15) is 5.10 Å². The fourth-order valence-electron chi connectivity index (χ4n) is 1.85. The van der Waals surface area contributed by atoms with Crippen molar-refractivity contribution in [3.05, 3.63) is 40.3 Å². The molecular formula is C14H21N5S. The number of nitrogens with zero attached hydrogens (tertiary/aromatic N) is 3.